The average Bonchev–Trinajstić information content (AvgIpc) is 2.57. The number of hydrogen-bond donors (Lipinski definition) is 2. The van der Waals surface area contributed by atoms with Gasteiger partial charge in [0.15, 0.2) is 5.78 Å². The van der Waals surface area contributed by atoms with Crippen LogP contribution in [0.4, 0.5) is 0 Å². The Labute approximate surface area is 143 Å². The third-order valence-corrected chi connectivity index (χ3v) is 4.30. The van der Waals surface area contributed by atoms with Crippen molar-refractivity contribution >= 4 is 5.78 Å². The number of aliphatic hydroxyl groups excluding tert-OH is 1. The molecule has 136 valence electrons. The lowest BCUT2D eigenvalue weighted by molar-refractivity contribution is -0.121. The molecular formula is C20H39NO2. The Kier molecular flexibility index (Phi) is 17.2. The Bertz CT molecular complexity index is 289. The van der Waals surface area contributed by atoms with E-state index >= 15 is 0 Å². The third-order valence-electron chi connectivity index (χ3n) is 4.30. The predicted octanol–water partition coefficient (Wildman–Crippen LogP) is 4.91. The van der Waals surface area contributed by atoms with Gasteiger partial charge in [-0.05, 0) is 32.1 Å². The summed E-state index contributed by atoms with van der Waals surface area (Å²) in [7, 11) is 0. The number of carbonyl (C=O) groups is 1. The number of aliphatic hydroxyl groups is 1. The van der Waals surface area contributed by atoms with Gasteiger partial charge < -0.3 is 10.8 Å². The van der Waals surface area contributed by atoms with E-state index in [-0.39, 0.29) is 12.4 Å². The number of nitrogens with two attached hydrogens (primary N) is 1. The second-order valence-corrected chi connectivity index (χ2v) is 6.59. The van der Waals surface area contributed by atoms with Crippen molar-refractivity contribution in [1.29, 1.82) is 0 Å². The maximum absolute atomic E-state index is 11.4. The first-order valence-electron chi connectivity index (χ1n) is 9.76. The van der Waals surface area contributed by atoms with Crippen molar-refractivity contribution in [3.63, 3.8) is 0 Å². The van der Waals surface area contributed by atoms with Crippen LogP contribution in [0.15, 0.2) is 12.2 Å². The normalized spacial score (nSPS) is 12.8. The fourth-order valence-electron chi connectivity index (χ4n) is 2.66. The summed E-state index contributed by atoms with van der Waals surface area (Å²) in [5.74, 6) is -0.00914. The molecule has 0 rings (SSSR count). The first-order valence-corrected chi connectivity index (χ1v) is 9.76. The van der Waals surface area contributed by atoms with Gasteiger partial charge in [-0.25, -0.2) is 0 Å². The summed E-state index contributed by atoms with van der Waals surface area (Å²) in [6.07, 6.45) is 21.5. The number of hydrogen-bond acceptors (Lipinski definition) is 3. The van der Waals surface area contributed by atoms with Crippen LogP contribution in [0.2, 0.25) is 0 Å². The summed E-state index contributed by atoms with van der Waals surface area (Å²) in [5, 5.41) is 8.78. The minimum absolute atomic E-state index is 0.00914. The largest absolute Gasteiger partial charge is 0.394 e. The second-order valence-electron chi connectivity index (χ2n) is 6.59. The van der Waals surface area contributed by atoms with Gasteiger partial charge in [0.2, 0.25) is 0 Å². The highest BCUT2D eigenvalue weighted by atomic mass is 16.3. The minimum Gasteiger partial charge on any atom is -0.394 e. The van der Waals surface area contributed by atoms with E-state index in [9.17, 15) is 4.79 Å². The van der Waals surface area contributed by atoms with Crippen molar-refractivity contribution in [2.45, 2.75) is 103 Å². The molecule has 3 N–H and O–H groups in total. The molecule has 0 saturated carbocycles. The molecule has 0 aromatic carbocycles. The van der Waals surface area contributed by atoms with E-state index in [1.54, 1.807) is 0 Å². The molecule has 0 aliphatic heterocycles. The number of unbranched alkanes of at least 4 members (excludes halogenated alkanes) is 11. The quantitative estimate of drug-likeness (QED) is 0.295. The molecule has 0 aliphatic carbocycles. The number of ketones is 1. The van der Waals surface area contributed by atoms with Gasteiger partial charge in [-0.1, -0.05) is 70.4 Å². The Morgan fingerprint density at radius 1 is 0.870 bits per heavy atom. The van der Waals surface area contributed by atoms with E-state index in [1.165, 1.54) is 70.6 Å². The topological polar surface area (TPSA) is 63.3 Å². The van der Waals surface area contributed by atoms with E-state index < -0.39 is 6.04 Å². The summed E-state index contributed by atoms with van der Waals surface area (Å²) >= 11 is 0. The van der Waals surface area contributed by atoms with Crippen molar-refractivity contribution in [2.24, 2.45) is 5.73 Å². The zero-order valence-electron chi connectivity index (χ0n) is 15.3. The minimum atomic E-state index is -0.674. The fraction of sp³-hybridized carbons (Fsp3) is 0.850. The molecule has 3 nitrogen and oxygen atoms in total. The van der Waals surface area contributed by atoms with Crippen LogP contribution in [0.3, 0.4) is 0 Å². The van der Waals surface area contributed by atoms with Gasteiger partial charge in [0.1, 0.15) is 0 Å². The molecule has 23 heavy (non-hydrogen) atoms. The highest BCUT2D eigenvalue weighted by Gasteiger charge is 2.10. The van der Waals surface area contributed by atoms with Crippen LogP contribution in [0.25, 0.3) is 0 Å². The van der Waals surface area contributed by atoms with E-state index in [2.05, 4.69) is 19.1 Å². The fourth-order valence-corrected chi connectivity index (χ4v) is 2.66. The lowest BCUT2D eigenvalue weighted by Gasteiger charge is -2.06. The van der Waals surface area contributed by atoms with Crippen LogP contribution in [-0.2, 0) is 4.79 Å². The molecule has 0 aromatic heterocycles. The summed E-state index contributed by atoms with van der Waals surface area (Å²) in [4.78, 5) is 11.4. The highest BCUT2D eigenvalue weighted by molar-refractivity contribution is 5.83. The van der Waals surface area contributed by atoms with E-state index in [1.807, 2.05) is 0 Å². The lowest BCUT2D eigenvalue weighted by atomic mass is 10.0. The Morgan fingerprint density at radius 2 is 1.35 bits per heavy atom. The molecule has 0 bridgehead atoms. The summed E-state index contributed by atoms with van der Waals surface area (Å²) in [6, 6.07) is -0.674. The Morgan fingerprint density at radius 3 is 1.87 bits per heavy atom. The SMILES string of the molecule is CCCCCCCC/C=C\CCCCCCCC(=O)C(N)CO. The number of Topliss-reactive ketones (excluding diaryl/α,β-unsaturated/α-hetero) is 1. The van der Waals surface area contributed by atoms with Crippen molar-refractivity contribution in [3.05, 3.63) is 12.2 Å². The molecule has 0 saturated heterocycles. The van der Waals surface area contributed by atoms with Crippen LogP contribution in [0.5, 0.6) is 0 Å². The molecule has 1 atom stereocenters. The monoisotopic (exact) mass is 325 g/mol. The van der Waals surface area contributed by atoms with Crippen molar-refractivity contribution < 1.29 is 9.90 Å². The van der Waals surface area contributed by atoms with Gasteiger partial charge in [0, 0.05) is 6.42 Å². The summed E-state index contributed by atoms with van der Waals surface area (Å²) in [6.45, 7) is 2.03. The van der Waals surface area contributed by atoms with Crippen molar-refractivity contribution in [3.8, 4) is 0 Å². The van der Waals surface area contributed by atoms with Gasteiger partial charge in [0.05, 0.1) is 12.6 Å². The number of carbonyl (C=O) groups excluding carboxylic acids is 1. The highest BCUT2D eigenvalue weighted by Crippen LogP contribution is 2.10. The van der Waals surface area contributed by atoms with E-state index in [4.69, 9.17) is 10.8 Å². The predicted molar refractivity (Wildman–Crippen MR) is 99.5 cm³/mol. The third kappa shape index (κ3) is 16.0. The molecule has 0 radical (unpaired) electrons. The maximum Gasteiger partial charge on any atom is 0.151 e. The standard InChI is InChI=1S/C20H39NO2/c1-2-3-4-5-6-7-8-9-10-11-12-13-14-15-16-17-20(23)19(21)18-22/h9-10,19,22H,2-8,11-18,21H2,1H3/b10-9-. The lowest BCUT2D eigenvalue weighted by Crippen LogP contribution is -2.33. The van der Waals surface area contributed by atoms with Crippen LogP contribution >= 0.6 is 0 Å². The van der Waals surface area contributed by atoms with E-state index in [0.29, 0.717) is 6.42 Å². The molecule has 3 heteroatoms. The Hall–Kier alpha value is -0.670. The number of rotatable bonds is 17. The molecule has 1 unspecified atom stereocenters. The first kappa shape index (κ1) is 22.3. The summed E-state index contributed by atoms with van der Waals surface area (Å²) in [5.41, 5.74) is 5.47. The molecule has 0 spiro atoms. The van der Waals surface area contributed by atoms with Crippen molar-refractivity contribution in [1.82, 2.24) is 0 Å². The zero-order valence-corrected chi connectivity index (χ0v) is 15.3. The maximum atomic E-state index is 11.4. The molecule has 0 aromatic rings. The summed E-state index contributed by atoms with van der Waals surface area (Å²) < 4.78 is 0. The van der Waals surface area contributed by atoms with Crippen molar-refractivity contribution in [2.75, 3.05) is 6.61 Å². The molecule has 0 fully saturated rings. The van der Waals surface area contributed by atoms with Gasteiger partial charge >= 0.3 is 0 Å². The Balaban J connectivity index is 3.21. The first-order chi connectivity index (χ1) is 11.2. The average molecular weight is 326 g/mol. The van der Waals surface area contributed by atoms with Gasteiger partial charge in [-0.3, -0.25) is 4.79 Å². The smallest absolute Gasteiger partial charge is 0.151 e. The zero-order chi connectivity index (χ0) is 17.2. The molecule has 0 amide bonds. The van der Waals surface area contributed by atoms with Crippen LogP contribution in [-0.4, -0.2) is 23.5 Å². The van der Waals surface area contributed by atoms with Crippen LogP contribution in [0, 0.1) is 0 Å². The van der Waals surface area contributed by atoms with Gasteiger partial charge in [-0.15, -0.1) is 0 Å². The van der Waals surface area contributed by atoms with E-state index in [0.717, 1.165) is 12.8 Å². The molecule has 0 heterocycles. The van der Waals surface area contributed by atoms with Crippen LogP contribution < -0.4 is 5.73 Å². The van der Waals surface area contributed by atoms with Gasteiger partial charge in [-0.2, -0.15) is 0 Å². The van der Waals surface area contributed by atoms with Gasteiger partial charge in [0.25, 0.3) is 0 Å². The number of allylic oxidation sites excluding steroid dienone is 2. The molecular weight excluding hydrogens is 286 g/mol. The van der Waals surface area contributed by atoms with Crippen LogP contribution in [0.1, 0.15) is 96.8 Å². The molecule has 0 aliphatic rings. The second kappa shape index (κ2) is 17.7.